The van der Waals surface area contributed by atoms with E-state index in [9.17, 15) is 14.7 Å². The van der Waals surface area contributed by atoms with E-state index in [4.69, 9.17) is 4.74 Å². The van der Waals surface area contributed by atoms with Crippen LogP contribution in [0.25, 0.3) is 0 Å². The van der Waals surface area contributed by atoms with Crippen molar-refractivity contribution in [3.05, 3.63) is 22.4 Å². The number of rotatable bonds is 4. The number of carbonyl (C=O) groups is 2. The van der Waals surface area contributed by atoms with Gasteiger partial charge in [0, 0.05) is 20.1 Å². The van der Waals surface area contributed by atoms with E-state index in [0.29, 0.717) is 13.0 Å². The van der Waals surface area contributed by atoms with E-state index < -0.39 is 12.0 Å². The molecule has 0 spiro atoms. The molecule has 19 heavy (non-hydrogen) atoms. The first-order valence-electron chi connectivity index (χ1n) is 6.12. The molecule has 0 aliphatic carbocycles. The maximum absolute atomic E-state index is 12.4. The third kappa shape index (κ3) is 2.79. The van der Waals surface area contributed by atoms with E-state index >= 15 is 0 Å². The van der Waals surface area contributed by atoms with Gasteiger partial charge < -0.3 is 14.7 Å². The van der Waals surface area contributed by atoms with Crippen LogP contribution in [0.2, 0.25) is 0 Å². The number of hydrogen-bond donors (Lipinski definition) is 1. The number of carbonyl (C=O) groups excluding carboxylic acids is 1. The topological polar surface area (TPSA) is 66.8 Å². The molecule has 1 aliphatic rings. The van der Waals surface area contributed by atoms with Gasteiger partial charge in [-0.3, -0.25) is 4.79 Å². The molecule has 5 nitrogen and oxygen atoms in total. The highest BCUT2D eigenvalue weighted by Gasteiger charge is 2.41. The highest BCUT2D eigenvalue weighted by atomic mass is 32.1. The van der Waals surface area contributed by atoms with Crippen molar-refractivity contribution < 1.29 is 19.4 Å². The van der Waals surface area contributed by atoms with E-state index in [0.717, 1.165) is 5.56 Å². The molecular formula is C13H17NO4S. The second-order valence-electron chi connectivity index (χ2n) is 4.72. The zero-order valence-electron chi connectivity index (χ0n) is 10.9. The Bertz CT molecular complexity index is 459. The van der Waals surface area contributed by atoms with Crippen molar-refractivity contribution in [3.63, 3.8) is 0 Å². The maximum atomic E-state index is 12.4. The molecule has 2 heterocycles. The Labute approximate surface area is 115 Å². The largest absolute Gasteiger partial charge is 0.480 e. The van der Waals surface area contributed by atoms with Crippen molar-refractivity contribution in [1.82, 2.24) is 4.90 Å². The molecule has 0 aromatic carbocycles. The number of carboxylic acids is 1. The van der Waals surface area contributed by atoms with Crippen molar-refractivity contribution in [1.29, 1.82) is 0 Å². The molecule has 6 heteroatoms. The van der Waals surface area contributed by atoms with Gasteiger partial charge in [-0.1, -0.05) is 0 Å². The third-order valence-corrected chi connectivity index (χ3v) is 4.28. The van der Waals surface area contributed by atoms with Crippen molar-refractivity contribution in [2.24, 2.45) is 0 Å². The molecule has 3 unspecified atom stereocenters. The Hall–Kier alpha value is -1.40. The molecule has 104 valence electrons. The molecule has 2 rings (SSSR count). The van der Waals surface area contributed by atoms with Gasteiger partial charge in [-0.05, 0) is 29.3 Å². The first-order chi connectivity index (χ1) is 9.04. The summed E-state index contributed by atoms with van der Waals surface area (Å²) < 4.78 is 5.19. The summed E-state index contributed by atoms with van der Waals surface area (Å²) in [5, 5.41) is 13.0. The summed E-state index contributed by atoms with van der Waals surface area (Å²) in [6.45, 7) is 2.16. The summed E-state index contributed by atoms with van der Waals surface area (Å²) in [5.41, 5.74) is 0.931. The van der Waals surface area contributed by atoms with Crippen LogP contribution >= 0.6 is 11.3 Å². The van der Waals surface area contributed by atoms with Crippen LogP contribution in [0.1, 0.15) is 24.8 Å². The summed E-state index contributed by atoms with van der Waals surface area (Å²) in [7, 11) is 1.54. The summed E-state index contributed by atoms with van der Waals surface area (Å²) in [6, 6.07) is 1.12. The number of amides is 1. The SMILES string of the molecule is COC1CC(C(=O)O)N(C(=O)C(C)c2ccsc2)C1. The Morgan fingerprint density at radius 1 is 1.58 bits per heavy atom. The molecule has 0 bridgehead atoms. The highest BCUT2D eigenvalue weighted by molar-refractivity contribution is 7.08. The standard InChI is InChI=1S/C13H17NO4S/c1-8(9-3-4-19-7-9)12(15)14-6-10(18-2)5-11(14)13(16)17/h3-4,7-8,10-11H,5-6H2,1-2H3,(H,16,17). The smallest absolute Gasteiger partial charge is 0.326 e. The van der Waals surface area contributed by atoms with Gasteiger partial charge in [-0.15, -0.1) is 0 Å². The highest BCUT2D eigenvalue weighted by Crippen LogP contribution is 2.27. The fourth-order valence-electron chi connectivity index (χ4n) is 2.36. The predicted molar refractivity (Wildman–Crippen MR) is 71.3 cm³/mol. The average Bonchev–Trinajstić information content (AvgIpc) is 3.05. The first-order valence-corrected chi connectivity index (χ1v) is 7.07. The number of aliphatic carboxylic acids is 1. The van der Waals surface area contributed by atoms with Gasteiger partial charge in [0.05, 0.1) is 12.0 Å². The minimum atomic E-state index is -0.967. The van der Waals surface area contributed by atoms with Crippen LogP contribution in [0.3, 0.4) is 0 Å². The third-order valence-electron chi connectivity index (χ3n) is 3.58. The van der Waals surface area contributed by atoms with Gasteiger partial charge in [0.1, 0.15) is 6.04 Å². The molecule has 1 aromatic rings. The zero-order chi connectivity index (χ0) is 14.0. The summed E-state index contributed by atoms with van der Waals surface area (Å²) in [4.78, 5) is 25.1. The number of ether oxygens (including phenoxy) is 1. The quantitative estimate of drug-likeness (QED) is 0.910. The first kappa shape index (κ1) is 14.0. The predicted octanol–water partition coefficient (Wildman–Crippen LogP) is 1.55. The van der Waals surface area contributed by atoms with Crippen LogP contribution in [-0.2, 0) is 14.3 Å². The zero-order valence-corrected chi connectivity index (χ0v) is 11.7. The second kappa shape index (κ2) is 5.71. The molecule has 1 aliphatic heterocycles. The van der Waals surface area contributed by atoms with E-state index in [1.807, 2.05) is 23.8 Å². The number of hydrogen-bond acceptors (Lipinski definition) is 4. The number of carboxylic acid groups (broad SMARTS) is 1. The Morgan fingerprint density at radius 2 is 2.32 bits per heavy atom. The molecule has 0 saturated carbocycles. The van der Waals surface area contributed by atoms with Crippen LogP contribution < -0.4 is 0 Å². The Morgan fingerprint density at radius 3 is 2.84 bits per heavy atom. The van der Waals surface area contributed by atoms with E-state index in [1.165, 1.54) is 16.2 Å². The van der Waals surface area contributed by atoms with Gasteiger partial charge >= 0.3 is 5.97 Å². The fourth-order valence-corrected chi connectivity index (χ4v) is 3.11. The summed E-state index contributed by atoms with van der Waals surface area (Å²) >= 11 is 1.53. The minimum Gasteiger partial charge on any atom is -0.480 e. The lowest BCUT2D eigenvalue weighted by atomic mass is 10.0. The molecule has 3 atom stereocenters. The number of methoxy groups -OCH3 is 1. The molecule has 1 aromatic heterocycles. The molecule has 0 radical (unpaired) electrons. The van der Waals surface area contributed by atoms with Crippen molar-refractivity contribution in [2.45, 2.75) is 31.4 Å². The van der Waals surface area contributed by atoms with Crippen LogP contribution in [0.5, 0.6) is 0 Å². The maximum Gasteiger partial charge on any atom is 0.326 e. The molecule has 1 amide bonds. The fraction of sp³-hybridized carbons (Fsp3) is 0.538. The Balaban J connectivity index is 2.15. The second-order valence-corrected chi connectivity index (χ2v) is 5.50. The van der Waals surface area contributed by atoms with Gasteiger partial charge in [0.25, 0.3) is 0 Å². The molecule has 1 N–H and O–H groups in total. The average molecular weight is 283 g/mol. The van der Waals surface area contributed by atoms with Crippen molar-refractivity contribution in [3.8, 4) is 0 Å². The lowest BCUT2D eigenvalue weighted by Gasteiger charge is -2.24. The van der Waals surface area contributed by atoms with E-state index in [-0.39, 0.29) is 17.9 Å². The monoisotopic (exact) mass is 283 g/mol. The van der Waals surface area contributed by atoms with Crippen molar-refractivity contribution >= 4 is 23.2 Å². The van der Waals surface area contributed by atoms with Crippen LogP contribution in [0.15, 0.2) is 16.8 Å². The molecule has 1 saturated heterocycles. The van der Waals surface area contributed by atoms with E-state index in [1.54, 1.807) is 7.11 Å². The number of nitrogens with zero attached hydrogens (tertiary/aromatic N) is 1. The lowest BCUT2D eigenvalue weighted by molar-refractivity contribution is -0.148. The summed E-state index contributed by atoms with van der Waals surface area (Å²) in [6.07, 6.45) is 0.160. The number of likely N-dealkylation sites (tertiary alicyclic amines) is 1. The summed E-state index contributed by atoms with van der Waals surface area (Å²) in [5.74, 6) is -1.43. The van der Waals surface area contributed by atoms with E-state index in [2.05, 4.69) is 0 Å². The van der Waals surface area contributed by atoms with Crippen LogP contribution in [0.4, 0.5) is 0 Å². The minimum absolute atomic E-state index is 0.148. The van der Waals surface area contributed by atoms with Crippen LogP contribution in [0, 0.1) is 0 Å². The lowest BCUT2D eigenvalue weighted by Crippen LogP contribution is -2.42. The number of thiophene rings is 1. The molecule has 1 fully saturated rings. The Kier molecular flexibility index (Phi) is 4.21. The van der Waals surface area contributed by atoms with Gasteiger partial charge in [0.2, 0.25) is 5.91 Å². The molecular weight excluding hydrogens is 266 g/mol. The van der Waals surface area contributed by atoms with Crippen molar-refractivity contribution in [2.75, 3.05) is 13.7 Å². The normalized spacial score (nSPS) is 24.4. The van der Waals surface area contributed by atoms with Crippen LogP contribution in [-0.4, -0.2) is 47.7 Å². The van der Waals surface area contributed by atoms with Gasteiger partial charge in [0.15, 0.2) is 0 Å². The van der Waals surface area contributed by atoms with Gasteiger partial charge in [-0.25, -0.2) is 4.79 Å². The van der Waals surface area contributed by atoms with Gasteiger partial charge in [-0.2, -0.15) is 11.3 Å².